The molecule has 0 unspecified atom stereocenters. The topological polar surface area (TPSA) is 62.1 Å². The number of halogens is 2. The fraction of sp³-hybridized carbons (Fsp3) is 0.120. The molecule has 1 N–H and O–H groups in total. The molecule has 0 aliphatic heterocycles. The summed E-state index contributed by atoms with van der Waals surface area (Å²) in [4.78, 5) is 12.6. The zero-order chi connectivity index (χ0) is 22.4. The van der Waals surface area contributed by atoms with Crippen LogP contribution in [0, 0.1) is 25.2 Å². The van der Waals surface area contributed by atoms with Crippen molar-refractivity contribution in [2.24, 2.45) is 0 Å². The van der Waals surface area contributed by atoms with Crippen LogP contribution >= 0.6 is 27.5 Å². The van der Waals surface area contributed by atoms with Gasteiger partial charge < -0.3 is 10.1 Å². The molecule has 4 nitrogen and oxygen atoms in total. The summed E-state index contributed by atoms with van der Waals surface area (Å²) in [6, 6.07) is 20.6. The van der Waals surface area contributed by atoms with Gasteiger partial charge in [0.05, 0.1) is 5.02 Å². The number of hydrogen-bond donors (Lipinski definition) is 1. The zero-order valence-electron chi connectivity index (χ0n) is 17.1. The fourth-order valence-corrected chi connectivity index (χ4v) is 3.43. The van der Waals surface area contributed by atoms with Crippen molar-refractivity contribution < 1.29 is 9.53 Å². The van der Waals surface area contributed by atoms with Gasteiger partial charge in [-0.1, -0.05) is 63.4 Å². The van der Waals surface area contributed by atoms with Crippen molar-refractivity contribution in [3.8, 4) is 11.8 Å². The molecule has 0 fully saturated rings. The third-order valence-electron chi connectivity index (χ3n) is 4.57. The maximum Gasteiger partial charge on any atom is 0.266 e. The standard InChI is InChI=1S/C25H20BrClN2O2/c1-16-3-9-23(17(2)11-16)29-25(30)20(14-28)12-19-6-10-24(22(27)13-19)31-15-18-4-7-21(26)8-5-18/h3-13H,15H2,1-2H3,(H,29,30)/b20-12+. The summed E-state index contributed by atoms with van der Waals surface area (Å²) in [5.74, 6) is 0.0566. The highest BCUT2D eigenvalue weighted by molar-refractivity contribution is 9.10. The number of nitriles is 1. The second kappa shape index (κ2) is 10.3. The van der Waals surface area contributed by atoms with E-state index >= 15 is 0 Å². The van der Waals surface area contributed by atoms with Crippen molar-refractivity contribution in [3.05, 3.63) is 98.0 Å². The van der Waals surface area contributed by atoms with Crippen molar-refractivity contribution in [1.29, 1.82) is 5.26 Å². The highest BCUT2D eigenvalue weighted by atomic mass is 79.9. The Labute approximate surface area is 195 Å². The van der Waals surface area contributed by atoms with Crippen LogP contribution in [0.15, 0.2) is 70.7 Å². The third kappa shape index (κ3) is 6.21. The first kappa shape index (κ1) is 22.6. The lowest BCUT2D eigenvalue weighted by Crippen LogP contribution is -2.14. The van der Waals surface area contributed by atoms with E-state index in [1.165, 1.54) is 6.08 Å². The Balaban J connectivity index is 1.71. The van der Waals surface area contributed by atoms with Gasteiger partial charge in [0.15, 0.2) is 0 Å². The van der Waals surface area contributed by atoms with Gasteiger partial charge in [0.1, 0.15) is 24.0 Å². The lowest BCUT2D eigenvalue weighted by atomic mass is 10.1. The Kier molecular flexibility index (Phi) is 7.51. The second-order valence-corrected chi connectivity index (χ2v) is 8.37. The van der Waals surface area contributed by atoms with Crippen molar-refractivity contribution in [2.75, 3.05) is 5.32 Å². The highest BCUT2D eigenvalue weighted by Crippen LogP contribution is 2.27. The maximum absolute atomic E-state index is 12.6. The first-order chi connectivity index (χ1) is 14.9. The largest absolute Gasteiger partial charge is 0.487 e. The van der Waals surface area contributed by atoms with E-state index in [-0.39, 0.29) is 5.57 Å². The second-order valence-electron chi connectivity index (χ2n) is 7.05. The molecule has 1 amide bonds. The van der Waals surface area contributed by atoms with Crippen LogP contribution in [0.3, 0.4) is 0 Å². The van der Waals surface area contributed by atoms with Gasteiger partial charge in [-0.2, -0.15) is 5.26 Å². The molecule has 0 saturated carbocycles. The van der Waals surface area contributed by atoms with Crippen LogP contribution in [0.2, 0.25) is 5.02 Å². The summed E-state index contributed by atoms with van der Waals surface area (Å²) in [6.07, 6.45) is 1.50. The summed E-state index contributed by atoms with van der Waals surface area (Å²) in [5.41, 5.74) is 4.34. The van der Waals surface area contributed by atoms with E-state index in [0.29, 0.717) is 28.6 Å². The van der Waals surface area contributed by atoms with E-state index in [1.54, 1.807) is 18.2 Å². The molecule has 0 bridgehead atoms. The molecule has 156 valence electrons. The summed E-state index contributed by atoms with van der Waals surface area (Å²) in [7, 11) is 0. The van der Waals surface area contributed by atoms with E-state index in [9.17, 15) is 10.1 Å². The summed E-state index contributed by atoms with van der Waals surface area (Å²) in [5, 5.41) is 12.6. The highest BCUT2D eigenvalue weighted by Gasteiger charge is 2.12. The Hall–Kier alpha value is -3.07. The van der Waals surface area contributed by atoms with Gasteiger partial charge in [0.25, 0.3) is 5.91 Å². The lowest BCUT2D eigenvalue weighted by Gasteiger charge is -2.10. The SMILES string of the molecule is Cc1ccc(NC(=O)/C(C#N)=C/c2ccc(OCc3ccc(Br)cc3)c(Cl)c2)c(C)c1. The molecule has 3 rings (SSSR count). The lowest BCUT2D eigenvalue weighted by molar-refractivity contribution is -0.112. The van der Waals surface area contributed by atoms with Gasteiger partial charge in [-0.25, -0.2) is 0 Å². The molecule has 0 radical (unpaired) electrons. The summed E-state index contributed by atoms with van der Waals surface area (Å²) >= 11 is 9.75. The molecule has 0 heterocycles. The number of amides is 1. The summed E-state index contributed by atoms with van der Waals surface area (Å²) < 4.78 is 6.79. The predicted octanol–water partition coefficient (Wildman–Crippen LogP) is 6.84. The first-order valence-electron chi connectivity index (χ1n) is 9.53. The number of nitrogens with one attached hydrogen (secondary N) is 1. The molecule has 0 atom stereocenters. The monoisotopic (exact) mass is 494 g/mol. The van der Waals surface area contributed by atoms with Gasteiger partial charge in [0, 0.05) is 10.2 Å². The quantitative estimate of drug-likeness (QED) is 0.301. The predicted molar refractivity (Wildman–Crippen MR) is 128 cm³/mol. The number of rotatable bonds is 6. The van der Waals surface area contributed by atoms with E-state index in [4.69, 9.17) is 16.3 Å². The number of anilines is 1. The maximum atomic E-state index is 12.6. The average Bonchev–Trinajstić information content (AvgIpc) is 2.74. The molecular weight excluding hydrogens is 476 g/mol. The van der Waals surface area contributed by atoms with Gasteiger partial charge in [-0.05, 0) is 66.9 Å². The minimum atomic E-state index is -0.471. The minimum Gasteiger partial charge on any atom is -0.487 e. The molecule has 0 spiro atoms. The molecule has 0 saturated heterocycles. The zero-order valence-corrected chi connectivity index (χ0v) is 19.4. The van der Waals surface area contributed by atoms with Crippen LogP contribution in [0.4, 0.5) is 5.69 Å². The van der Waals surface area contributed by atoms with Gasteiger partial charge in [-0.15, -0.1) is 0 Å². The van der Waals surface area contributed by atoms with E-state index in [0.717, 1.165) is 21.2 Å². The molecule has 0 aliphatic rings. The Morgan fingerprint density at radius 1 is 1.13 bits per heavy atom. The number of nitrogens with zero attached hydrogens (tertiary/aromatic N) is 1. The molecule has 6 heteroatoms. The third-order valence-corrected chi connectivity index (χ3v) is 5.39. The summed E-state index contributed by atoms with van der Waals surface area (Å²) in [6.45, 7) is 4.27. The van der Waals surface area contributed by atoms with Crippen molar-refractivity contribution in [1.82, 2.24) is 0 Å². The van der Waals surface area contributed by atoms with Crippen molar-refractivity contribution in [2.45, 2.75) is 20.5 Å². The van der Waals surface area contributed by atoms with Gasteiger partial charge in [-0.3, -0.25) is 4.79 Å². The number of benzene rings is 3. The molecule has 3 aromatic rings. The van der Waals surface area contributed by atoms with Crippen LogP contribution in [-0.2, 0) is 11.4 Å². The Bertz CT molecular complexity index is 1180. The number of carbonyl (C=O) groups excluding carboxylic acids is 1. The molecular formula is C25H20BrClN2O2. The van der Waals surface area contributed by atoms with Crippen LogP contribution in [0.25, 0.3) is 6.08 Å². The number of aryl methyl sites for hydroxylation is 2. The number of carbonyl (C=O) groups is 1. The Morgan fingerprint density at radius 3 is 2.52 bits per heavy atom. The van der Waals surface area contributed by atoms with Gasteiger partial charge >= 0.3 is 0 Å². The molecule has 0 aromatic heterocycles. The average molecular weight is 496 g/mol. The van der Waals surface area contributed by atoms with Crippen LogP contribution in [-0.4, -0.2) is 5.91 Å². The van der Waals surface area contributed by atoms with E-state index < -0.39 is 5.91 Å². The van der Waals surface area contributed by atoms with Crippen molar-refractivity contribution >= 4 is 45.2 Å². The van der Waals surface area contributed by atoms with Gasteiger partial charge in [0.2, 0.25) is 0 Å². The normalized spacial score (nSPS) is 11.0. The van der Waals surface area contributed by atoms with Crippen LogP contribution < -0.4 is 10.1 Å². The first-order valence-corrected chi connectivity index (χ1v) is 10.7. The van der Waals surface area contributed by atoms with Crippen LogP contribution in [0.5, 0.6) is 5.75 Å². The van der Waals surface area contributed by atoms with E-state index in [1.807, 2.05) is 62.4 Å². The Morgan fingerprint density at radius 2 is 1.87 bits per heavy atom. The number of ether oxygens (including phenoxy) is 1. The number of hydrogen-bond acceptors (Lipinski definition) is 3. The minimum absolute atomic E-state index is 0.0143. The fourth-order valence-electron chi connectivity index (χ4n) is 2.92. The van der Waals surface area contributed by atoms with Crippen molar-refractivity contribution in [3.63, 3.8) is 0 Å². The molecule has 31 heavy (non-hydrogen) atoms. The van der Waals surface area contributed by atoms with Crippen LogP contribution in [0.1, 0.15) is 22.3 Å². The molecule has 0 aliphatic carbocycles. The molecule has 3 aromatic carbocycles. The van der Waals surface area contributed by atoms with E-state index in [2.05, 4.69) is 21.2 Å². The smallest absolute Gasteiger partial charge is 0.266 e.